The Labute approximate surface area is 226 Å². The van der Waals surface area contributed by atoms with Crippen molar-refractivity contribution in [3.63, 3.8) is 0 Å². The van der Waals surface area contributed by atoms with Gasteiger partial charge in [-0.15, -0.1) is 0 Å². The van der Waals surface area contributed by atoms with Gasteiger partial charge in [0, 0.05) is 18.4 Å². The van der Waals surface area contributed by atoms with Gasteiger partial charge in [0.05, 0.1) is 19.6 Å². The highest BCUT2D eigenvalue weighted by atomic mass is 16.5. The highest BCUT2D eigenvalue weighted by Gasteiger charge is 2.27. The standard InChI is InChI=1S/C34H38O4/c1-4-28(31-13-14-32(25(3)22-31)30-11-7-27(8-12-30)23-33(35)36)9-5-26-6-10-29(24(2)21-26)15-16-34(37)17-19-38-20-18-34/h6-8,10-14,21-22,28,37H,4-5,9,17-20,23H2,1-3H3,(H,35,36). The summed E-state index contributed by atoms with van der Waals surface area (Å²) in [7, 11) is 0. The van der Waals surface area contributed by atoms with Gasteiger partial charge in [0.15, 0.2) is 0 Å². The predicted octanol–water partition coefficient (Wildman–Crippen LogP) is 6.62. The maximum Gasteiger partial charge on any atom is 0.307 e. The van der Waals surface area contributed by atoms with Crippen molar-refractivity contribution >= 4 is 5.97 Å². The molecule has 1 atom stereocenters. The van der Waals surface area contributed by atoms with Crippen molar-refractivity contribution in [3.05, 3.63) is 94.0 Å². The van der Waals surface area contributed by atoms with Crippen LogP contribution in [0.4, 0.5) is 0 Å². The maximum atomic E-state index is 11.0. The topological polar surface area (TPSA) is 66.8 Å². The number of rotatable bonds is 8. The van der Waals surface area contributed by atoms with Crippen LogP contribution in [0.25, 0.3) is 11.1 Å². The summed E-state index contributed by atoms with van der Waals surface area (Å²) in [6.45, 7) is 7.61. The Balaban J connectivity index is 1.41. The van der Waals surface area contributed by atoms with E-state index in [1.165, 1.54) is 22.3 Å². The van der Waals surface area contributed by atoms with Crippen molar-refractivity contribution in [3.8, 4) is 23.0 Å². The van der Waals surface area contributed by atoms with E-state index in [0.29, 0.717) is 32.0 Å². The summed E-state index contributed by atoms with van der Waals surface area (Å²) in [5.41, 5.74) is 8.20. The zero-order valence-electron chi connectivity index (χ0n) is 22.7. The summed E-state index contributed by atoms with van der Waals surface area (Å²) in [5, 5.41) is 19.6. The van der Waals surface area contributed by atoms with Crippen LogP contribution in [0.1, 0.15) is 71.9 Å². The number of ether oxygens (including phenoxy) is 1. The van der Waals surface area contributed by atoms with Crippen molar-refractivity contribution in [2.24, 2.45) is 0 Å². The second-order valence-corrected chi connectivity index (χ2v) is 10.5. The number of carbonyl (C=O) groups is 1. The molecule has 3 aromatic rings. The maximum absolute atomic E-state index is 11.0. The molecule has 1 unspecified atom stereocenters. The minimum Gasteiger partial charge on any atom is -0.481 e. The zero-order valence-corrected chi connectivity index (χ0v) is 22.7. The smallest absolute Gasteiger partial charge is 0.307 e. The quantitative estimate of drug-likeness (QED) is 0.334. The third kappa shape index (κ3) is 7.13. The molecule has 1 heterocycles. The average Bonchev–Trinajstić information content (AvgIpc) is 2.89. The van der Waals surface area contributed by atoms with Crippen molar-refractivity contribution < 1.29 is 19.7 Å². The molecule has 1 aliphatic heterocycles. The molecule has 4 heteroatoms. The lowest BCUT2D eigenvalue weighted by molar-refractivity contribution is -0.136. The molecule has 4 nitrogen and oxygen atoms in total. The van der Waals surface area contributed by atoms with Gasteiger partial charge in [-0.05, 0) is 84.0 Å². The fourth-order valence-electron chi connectivity index (χ4n) is 5.23. The van der Waals surface area contributed by atoms with Gasteiger partial charge in [0.25, 0.3) is 0 Å². The molecule has 0 bridgehead atoms. The minimum absolute atomic E-state index is 0.0469. The van der Waals surface area contributed by atoms with Gasteiger partial charge in [0.1, 0.15) is 5.60 Å². The molecule has 198 valence electrons. The Morgan fingerprint density at radius 3 is 2.32 bits per heavy atom. The SMILES string of the molecule is CCC(CCc1ccc(C#CC2(O)CCOCC2)c(C)c1)c1ccc(-c2ccc(CC(=O)O)cc2)c(C)c1. The highest BCUT2D eigenvalue weighted by molar-refractivity contribution is 5.72. The van der Waals surface area contributed by atoms with Crippen molar-refractivity contribution in [1.82, 2.24) is 0 Å². The lowest BCUT2D eigenvalue weighted by Gasteiger charge is -2.26. The van der Waals surface area contributed by atoms with E-state index in [1.807, 2.05) is 24.3 Å². The lowest BCUT2D eigenvalue weighted by Crippen LogP contribution is -2.34. The number of aryl methyl sites for hydroxylation is 3. The molecular formula is C34H38O4. The van der Waals surface area contributed by atoms with Crippen molar-refractivity contribution in [2.75, 3.05) is 13.2 Å². The Kier molecular flexibility index (Phi) is 9.05. The first-order valence-corrected chi connectivity index (χ1v) is 13.6. The van der Waals surface area contributed by atoms with Crippen LogP contribution in [0.2, 0.25) is 0 Å². The fraction of sp³-hybridized carbons (Fsp3) is 0.382. The van der Waals surface area contributed by atoms with Crippen LogP contribution < -0.4 is 0 Å². The molecule has 4 rings (SSSR count). The van der Waals surface area contributed by atoms with Crippen LogP contribution in [0.5, 0.6) is 0 Å². The average molecular weight is 511 g/mol. The van der Waals surface area contributed by atoms with E-state index in [0.717, 1.165) is 41.5 Å². The third-order valence-corrected chi connectivity index (χ3v) is 7.66. The molecule has 0 amide bonds. The largest absolute Gasteiger partial charge is 0.481 e. The molecule has 1 fully saturated rings. The normalized spacial score (nSPS) is 15.4. The van der Waals surface area contributed by atoms with Crippen LogP contribution in [-0.4, -0.2) is 35.0 Å². The number of hydrogen-bond donors (Lipinski definition) is 2. The molecule has 0 saturated carbocycles. The number of aliphatic carboxylic acids is 1. The van der Waals surface area contributed by atoms with Crippen molar-refractivity contribution in [2.45, 2.75) is 70.8 Å². The summed E-state index contributed by atoms with van der Waals surface area (Å²) in [4.78, 5) is 11.0. The van der Waals surface area contributed by atoms with Gasteiger partial charge in [-0.3, -0.25) is 4.79 Å². The molecule has 1 aliphatic rings. The first-order valence-electron chi connectivity index (χ1n) is 13.6. The molecule has 0 spiro atoms. The van der Waals surface area contributed by atoms with Crippen LogP contribution in [0.15, 0.2) is 60.7 Å². The predicted molar refractivity (Wildman–Crippen MR) is 152 cm³/mol. The van der Waals surface area contributed by atoms with E-state index < -0.39 is 11.6 Å². The van der Waals surface area contributed by atoms with Gasteiger partial charge in [0.2, 0.25) is 0 Å². The van der Waals surface area contributed by atoms with Crippen LogP contribution in [0.3, 0.4) is 0 Å². The first kappa shape index (κ1) is 27.6. The Morgan fingerprint density at radius 2 is 1.68 bits per heavy atom. The van der Waals surface area contributed by atoms with E-state index in [4.69, 9.17) is 9.84 Å². The van der Waals surface area contributed by atoms with Crippen LogP contribution in [-0.2, 0) is 22.4 Å². The number of carboxylic acid groups (broad SMARTS) is 1. The van der Waals surface area contributed by atoms with E-state index in [2.05, 4.69) is 69.0 Å². The fourth-order valence-corrected chi connectivity index (χ4v) is 5.23. The van der Waals surface area contributed by atoms with Gasteiger partial charge < -0.3 is 14.9 Å². The number of hydrogen-bond acceptors (Lipinski definition) is 3. The second kappa shape index (κ2) is 12.4. The number of benzene rings is 3. The van der Waals surface area contributed by atoms with Crippen LogP contribution in [0, 0.1) is 25.7 Å². The first-order chi connectivity index (χ1) is 18.3. The molecule has 0 aromatic heterocycles. The molecule has 0 radical (unpaired) electrons. The molecule has 2 N–H and O–H groups in total. The Bertz CT molecular complexity index is 1320. The summed E-state index contributed by atoms with van der Waals surface area (Å²) in [6, 6.07) is 21.1. The van der Waals surface area contributed by atoms with E-state index in [1.54, 1.807) is 0 Å². The summed E-state index contributed by atoms with van der Waals surface area (Å²) < 4.78 is 5.35. The molecule has 3 aromatic carbocycles. The summed E-state index contributed by atoms with van der Waals surface area (Å²) in [5.74, 6) is 5.96. The lowest BCUT2D eigenvalue weighted by atomic mass is 9.87. The summed E-state index contributed by atoms with van der Waals surface area (Å²) >= 11 is 0. The number of aliphatic hydroxyl groups is 1. The summed E-state index contributed by atoms with van der Waals surface area (Å²) in [6.07, 6.45) is 4.33. The van der Waals surface area contributed by atoms with Gasteiger partial charge in [-0.1, -0.05) is 73.4 Å². The molecular weight excluding hydrogens is 472 g/mol. The molecule has 1 saturated heterocycles. The van der Waals surface area contributed by atoms with Gasteiger partial charge >= 0.3 is 5.97 Å². The van der Waals surface area contributed by atoms with E-state index in [9.17, 15) is 9.90 Å². The molecule has 0 aliphatic carbocycles. The van der Waals surface area contributed by atoms with E-state index >= 15 is 0 Å². The van der Waals surface area contributed by atoms with Crippen LogP contribution >= 0.6 is 0 Å². The Morgan fingerprint density at radius 1 is 0.974 bits per heavy atom. The monoisotopic (exact) mass is 510 g/mol. The second-order valence-electron chi connectivity index (χ2n) is 10.5. The highest BCUT2D eigenvalue weighted by Crippen LogP contribution is 2.31. The van der Waals surface area contributed by atoms with Gasteiger partial charge in [-0.2, -0.15) is 0 Å². The number of carboxylic acids is 1. The minimum atomic E-state index is -0.935. The van der Waals surface area contributed by atoms with Gasteiger partial charge in [-0.25, -0.2) is 0 Å². The zero-order chi connectivity index (χ0) is 27.1. The van der Waals surface area contributed by atoms with E-state index in [-0.39, 0.29) is 6.42 Å². The Hall–Kier alpha value is -3.39. The van der Waals surface area contributed by atoms with Crippen molar-refractivity contribution in [1.29, 1.82) is 0 Å². The molecule has 38 heavy (non-hydrogen) atoms. The third-order valence-electron chi connectivity index (χ3n) is 7.66.